The highest BCUT2D eigenvalue weighted by Gasteiger charge is 2.30. The van der Waals surface area contributed by atoms with Crippen molar-refractivity contribution in [1.82, 2.24) is 5.32 Å². The highest BCUT2D eigenvalue weighted by molar-refractivity contribution is 6.32. The van der Waals surface area contributed by atoms with E-state index in [1.807, 2.05) is 0 Å². The van der Waals surface area contributed by atoms with Crippen LogP contribution in [0.5, 0.6) is 5.75 Å². The molecule has 6 heteroatoms. The number of ether oxygens (including phenoxy) is 1. The molecule has 0 saturated heterocycles. The molecule has 108 valence electrons. The number of hydrogen-bond acceptors (Lipinski definition) is 3. The summed E-state index contributed by atoms with van der Waals surface area (Å²) >= 11 is 5.91. The van der Waals surface area contributed by atoms with E-state index in [1.54, 1.807) is 24.3 Å². The van der Waals surface area contributed by atoms with Crippen LogP contribution in [0.1, 0.15) is 19.3 Å². The van der Waals surface area contributed by atoms with Gasteiger partial charge in [-0.05, 0) is 31.4 Å². The second kappa shape index (κ2) is 6.61. The van der Waals surface area contributed by atoms with E-state index in [1.165, 1.54) is 0 Å². The molecule has 1 amide bonds. The fraction of sp³-hybridized carbons (Fsp3) is 0.429. The number of nitrogens with one attached hydrogen (secondary N) is 1. The molecule has 20 heavy (non-hydrogen) atoms. The minimum Gasteiger partial charge on any atom is -0.482 e. The Bertz CT molecular complexity index is 506. The Labute approximate surface area is 121 Å². The lowest BCUT2D eigenvalue weighted by Gasteiger charge is -2.13. The maximum absolute atomic E-state index is 11.7. The SMILES string of the molecule is O=C(COc1ccccc1Cl)N[C@@H]1CC[C@H](C(=O)O)C1. The van der Waals surface area contributed by atoms with Gasteiger partial charge in [-0.1, -0.05) is 23.7 Å². The molecule has 2 atom stereocenters. The number of hydrogen-bond donors (Lipinski definition) is 2. The first-order valence-electron chi connectivity index (χ1n) is 6.45. The second-order valence-corrected chi connectivity index (χ2v) is 5.24. The predicted molar refractivity (Wildman–Crippen MR) is 73.9 cm³/mol. The Morgan fingerprint density at radius 1 is 1.35 bits per heavy atom. The number of rotatable bonds is 5. The van der Waals surface area contributed by atoms with E-state index >= 15 is 0 Å². The molecule has 0 spiro atoms. The van der Waals surface area contributed by atoms with Gasteiger partial charge in [-0.15, -0.1) is 0 Å². The summed E-state index contributed by atoms with van der Waals surface area (Å²) in [6.45, 7) is -0.127. The predicted octanol–water partition coefficient (Wildman–Crippen LogP) is 2.09. The minimum absolute atomic E-state index is 0.0848. The van der Waals surface area contributed by atoms with Crippen LogP contribution in [0.2, 0.25) is 5.02 Å². The van der Waals surface area contributed by atoms with Crippen molar-refractivity contribution in [2.75, 3.05) is 6.61 Å². The molecule has 0 aliphatic heterocycles. The first-order chi connectivity index (χ1) is 9.56. The first-order valence-corrected chi connectivity index (χ1v) is 6.83. The molecule has 1 aliphatic rings. The van der Waals surface area contributed by atoms with Crippen LogP contribution in [0.3, 0.4) is 0 Å². The average molecular weight is 298 g/mol. The maximum atomic E-state index is 11.7. The van der Waals surface area contributed by atoms with Crippen molar-refractivity contribution in [2.24, 2.45) is 5.92 Å². The van der Waals surface area contributed by atoms with Crippen molar-refractivity contribution in [3.63, 3.8) is 0 Å². The highest BCUT2D eigenvalue weighted by Crippen LogP contribution is 2.26. The fourth-order valence-electron chi connectivity index (χ4n) is 2.31. The second-order valence-electron chi connectivity index (χ2n) is 4.83. The standard InChI is InChI=1S/C14H16ClNO4/c15-11-3-1-2-4-12(11)20-8-13(17)16-10-6-5-9(7-10)14(18)19/h1-4,9-10H,5-8H2,(H,16,17)(H,18,19)/t9-,10+/m0/s1. The summed E-state index contributed by atoms with van der Waals surface area (Å²) < 4.78 is 5.32. The van der Waals surface area contributed by atoms with Gasteiger partial charge in [-0.2, -0.15) is 0 Å². The summed E-state index contributed by atoms with van der Waals surface area (Å²) in [6, 6.07) is 6.83. The van der Waals surface area contributed by atoms with Gasteiger partial charge in [0.2, 0.25) is 0 Å². The van der Waals surface area contributed by atoms with Crippen molar-refractivity contribution in [1.29, 1.82) is 0 Å². The zero-order valence-electron chi connectivity index (χ0n) is 10.8. The molecule has 2 N–H and O–H groups in total. The summed E-state index contributed by atoms with van der Waals surface area (Å²) in [6.07, 6.45) is 1.77. The Kier molecular flexibility index (Phi) is 4.84. The molecule has 1 fully saturated rings. The normalized spacial score (nSPS) is 21.4. The van der Waals surface area contributed by atoms with Crippen LogP contribution in [0.15, 0.2) is 24.3 Å². The molecule has 5 nitrogen and oxygen atoms in total. The van der Waals surface area contributed by atoms with Crippen molar-refractivity contribution >= 4 is 23.5 Å². The lowest BCUT2D eigenvalue weighted by Crippen LogP contribution is -2.36. The number of halogens is 1. The maximum Gasteiger partial charge on any atom is 0.306 e. The molecule has 1 saturated carbocycles. The first kappa shape index (κ1) is 14.7. The molecular formula is C14H16ClNO4. The Morgan fingerprint density at radius 2 is 2.10 bits per heavy atom. The van der Waals surface area contributed by atoms with E-state index in [9.17, 15) is 9.59 Å². The van der Waals surface area contributed by atoms with Gasteiger partial charge < -0.3 is 15.2 Å². The summed E-state index contributed by atoms with van der Waals surface area (Å²) in [7, 11) is 0. The molecule has 0 radical (unpaired) electrons. The summed E-state index contributed by atoms with van der Waals surface area (Å²) in [5.74, 6) is -0.959. The van der Waals surface area contributed by atoms with Gasteiger partial charge in [0.25, 0.3) is 5.91 Å². The Morgan fingerprint density at radius 3 is 2.75 bits per heavy atom. The molecular weight excluding hydrogens is 282 g/mol. The fourth-order valence-corrected chi connectivity index (χ4v) is 2.50. The van der Waals surface area contributed by atoms with Crippen LogP contribution in [-0.4, -0.2) is 29.6 Å². The van der Waals surface area contributed by atoms with E-state index < -0.39 is 5.97 Å². The van der Waals surface area contributed by atoms with Crippen LogP contribution in [-0.2, 0) is 9.59 Å². The third-order valence-corrected chi connectivity index (χ3v) is 3.65. The number of amides is 1. The van der Waals surface area contributed by atoms with Gasteiger partial charge in [0.15, 0.2) is 6.61 Å². The largest absolute Gasteiger partial charge is 0.482 e. The Balaban J connectivity index is 1.77. The van der Waals surface area contributed by atoms with E-state index in [0.717, 1.165) is 0 Å². The van der Waals surface area contributed by atoms with Crippen LogP contribution < -0.4 is 10.1 Å². The van der Waals surface area contributed by atoms with Crippen LogP contribution in [0.4, 0.5) is 0 Å². The number of benzene rings is 1. The van der Waals surface area contributed by atoms with Gasteiger partial charge in [-0.3, -0.25) is 9.59 Å². The number of aliphatic carboxylic acids is 1. The number of carbonyl (C=O) groups is 2. The highest BCUT2D eigenvalue weighted by atomic mass is 35.5. The minimum atomic E-state index is -0.797. The lowest BCUT2D eigenvalue weighted by atomic mass is 10.1. The summed E-state index contributed by atoms with van der Waals surface area (Å²) in [5, 5.41) is 12.1. The van der Waals surface area contributed by atoms with E-state index in [0.29, 0.717) is 30.0 Å². The monoisotopic (exact) mass is 297 g/mol. The molecule has 2 rings (SSSR count). The Hall–Kier alpha value is -1.75. The quantitative estimate of drug-likeness (QED) is 0.872. The summed E-state index contributed by atoms with van der Waals surface area (Å²) in [5.41, 5.74) is 0. The molecule has 1 aliphatic carbocycles. The van der Waals surface area contributed by atoms with Gasteiger partial charge in [0.1, 0.15) is 5.75 Å². The van der Waals surface area contributed by atoms with E-state index in [-0.39, 0.29) is 24.5 Å². The van der Waals surface area contributed by atoms with Gasteiger partial charge in [0, 0.05) is 6.04 Å². The number of carbonyl (C=O) groups excluding carboxylic acids is 1. The van der Waals surface area contributed by atoms with E-state index in [4.69, 9.17) is 21.4 Å². The molecule has 0 bridgehead atoms. The molecule has 1 aromatic rings. The zero-order valence-corrected chi connectivity index (χ0v) is 11.6. The third-order valence-electron chi connectivity index (χ3n) is 3.34. The van der Waals surface area contributed by atoms with Crippen LogP contribution in [0, 0.1) is 5.92 Å². The molecule has 1 aromatic carbocycles. The van der Waals surface area contributed by atoms with E-state index in [2.05, 4.69) is 5.32 Å². The third kappa shape index (κ3) is 3.87. The topological polar surface area (TPSA) is 75.6 Å². The number of carboxylic acid groups (broad SMARTS) is 1. The van der Waals surface area contributed by atoms with Crippen molar-refractivity contribution in [3.05, 3.63) is 29.3 Å². The average Bonchev–Trinajstić information content (AvgIpc) is 2.86. The van der Waals surface area contributed by atoms with Gasteiger partial charge >= 0.3 is 5.97 Å². The van der Waals surface area contributed by atoms with Crippen molar-refractivity contribution < 1.29 is 19.4 Å². The molecule has 0 unspecified atom stereocenters. The number of carboxylic acids is 1. The van der Waals surface area contributed by atoms with Gasteiger partial charge in [-0.25, -0.2) is 0 Å². The molecule has 0 heterocycles. The number of para-hydroxylation sites is 1. The zero-order chi connectivity index (χ0) is 14.5. The van der Waals surface area contributed by atoms with Gasteiger partial charge in [0.05, 0.1) is 10.9 Å². The lowest BCUT2D eigenvalue weighted by molar-refractivity contribution is -0.141. The summed E-state index contributed by atoms with van der Waals surface area (Å²) in [4.78, 5) is 22.6. The van der Waals surface area contributed by atoms with Crippen LogP contribution in [0.25, 0.3) is 0 Å². The van der Waals surface area contributed by atoms with Crippen molar-refractivity contribution in [2.45, 2.75) is 25.3 Å². The van der Waals surface area contributed by atoms with Crippen molar-refractivity contribution in [3.8, 4) is 5.75 Å². The molecule has 0 aromatic heterocycles. The smallest absolute Gasteiger partial charge is 0.306 e. The van der Waals surface area contributed by atoms with Crippen LogP contribution >= 0.6 is 11.6 Å².